The summed E-state index contributed by atoms with van der Waals surface area (Å²) in [7, 11) is 0. The number of aromatic nitrogens is 1. The van der Waals surface area contributed by atoms with Gasteiger partial charge >= 0.3 is 6.36 Å². The number of halogens is 3. The van der Waals surface area contributed by atoms with Crippen LogP contribution in [0.4, 0.5) is 13.2 Å². The van der Waals surface area contributed by atoms with Gasteiger partial charge in [-0.25, -0.2) is 0 Å². The zero-order chi connectivity index (χ0) is 22.0. The zero-order valence-electron chi connectivity index (χ0n) is 16.2. The molecule has 0 fully saturated rings. The summed E-state index contributed by atoms with van der Waals surface area (Å²) in [4.78, 5) is 15.9. The maximum atomic E-state index is 12.7. The molecule has 0 aliphatic rings. The lowest BCUT2D eigenvalue weighted by atomic mass is 9.99. The molecule has 0 atom stereocenters. The van der Waals surface area contributed by atoms with Crippen LogP contribution < -0.4 is 10.2 Å². The fraction of sp³-hybridized carbons (Fsp3) is 0.125. The van der Waals surface area contributed by atoms with Crippen LogP contribution in [0.2, 0.25) is 0 Å². The molecule has 2 N–H and O–H groups in total. The summed E-state index contributed by atoms with van der Waals surface area (Å²) in [6.07, 6.45) is -4.19. The topological polar surface area (TPSA) is 62.3 Å². The molecule has 0 saturated heterocycles. The molecule has 1 heterocycles. The number of para-hydroxylation sites is 1. The van der Waals surface area contributed by atoms with Crippen LogP contribution in [-0.4, -0.2) is 16.5 Å². The lowest BCUT2D eigenvalue weighted by Crippen LogP contribution is -2.17. The van der Waals surface area contributed by atoms with Gasteiger partial charge in [0.05, 0.1) is 12.3 Å². The number of H-pyrrole nitrogens is 1. The third-order valence-corrected chi connectivity index (χ3v) is 4.97. The van der Waals surface area contributed by atoms with E-state index in [1.807, 2.05) is 36.4 Å². The van der Waals surface area contributed by atoms with Crippen LogP contribution in [0.3, 0.4) is 0 Å². The Kier molecular flexibility index (Phi) is 5.52. The summed E-state index contributed by atoms with van der Waals surface area (Å²) in [5.74, 6) is -0.261. The van der Waals surface area contributed by atoms with E-state index in [1.165, 1.54) is 12.1 Å². The summed E-state index contributed by atoms with van der Waals surface area (Å²) in [5, 5.41) is 10.3. The molecule has 4 nitrogen and oxygen atoms in total. The molecule has 0 aliphatic heterocycles. The zero-order valence-corrected chi connectivity index (χ0v) is 16.2. The van der Waals surface area contributed by atoms with Crippen LogP contribution in [0.5, 0.6) is 5.75 Å². The van der Waals surface area contributed by atoms with Crippen molar-refractivity contribution in [2.24, 2.45) is 0 Å². The van der Waals surface area contributed by atoms with Crippen LogP contribution in [-0.2, 0) is 13.0 Å². The van der Waals surface area contributed by atoms with Crippen LogP contribution >= 0.6 is 0 Å². The number of nitrogens with one attached hydrogen (secondary N) is 1. The number of hydrogen-bond donors (Lipinski definition) is 2. The molecule has 0 aliphatic carbocycles. The van der Waals surface area contributed by atoms with Gasteiger partial charge in [-0.3, -0.25) is 4.79 Å². The summed E-state index contributed by atoms with van der Waals surface area (Å²) in [6.45, 7) is -0.385. The van der Waals surface area contributed by atoms with Crippen molar-refractivity contribution >= 4 is 10.9 Å². The van der Waals surface area contributed by atoms with Crippen LogP contribution in [0.15, 0.2) is 77.6 Å². The Labute approximate surface area is 175 Å². The molecule has 0 bridgehead atoms. The van der Waals surface area contributed by atoms with Gasteiger partial charge in [0.15, 0.2) is 5.43 Å². The maximum Gasteiger partial charge on any atom is 0.573 e. The van der Waals surface area contributed by atoms with E-state index in [0.717, 1.165) is 16.7 Å². The van der Waals surface area contributed by atoms with E-state index in [4.69, 9.17) is 0 Å². The Morgan fingerprint density at radius 1 is 0.871 bits per heavy atom. The molecule has 4 rings (SSSR count). The van der Waals surface area contributed by atoms with Crippen LogP contribution in [0.1, 0.15) is 16.7 Å². The molecule has 0 saturated carbocycles. The SMILES string of the molecule is O=c1c(CO)c(-c2ccc(Cc3ccc(OC(F)(F)F)cc3)cc2)[nH]c2ccccc12. The van der Waals surface area contributed by atoms with E-state index in [-0.39, 0.29) is 17.8 Å². The lowest BCUT2D eigenvalue weighted by Gasteiger charge is -2.11. The number of rotatable bonds is 5. The van der Waals surface area contributed by atoms with E-state index in [1.54, 1.807) is 24.3 Å². The molecule has 31 heavy (non-hydrogen) atoms. The Hall–Kier alpha value is -3.58. The standard InChI is InChI=1S/C24H18F3NO3/c25-24(26,27)31-18-11-7-16(8-12-18)13-15-5-9-17(10-6-15)22-20(14-29)23(30)19-3-1-2-4-21(19)28-22/h1-12,29H,13-14H2,(H,28,30). The minimum Gasteiger partial charge on any atom is -0.406 e. The van der Waals surface area contributed by atoms with Crippen molar-refractivity contribution in [1.29, 1.82) is 0 Å². The number of benzene rings is 3. The third kappa shape index (κ3) is 4.62. The molecular weight excluding hydrogens is 407 g/mol. The highest BCUT2D eigenvalue weighted by Crippen LogP contribution is 2.25. The molecule has 0 radical (unpaired) electrons. The molecular formula is C24H18F3NO3. The smallest absolute Gasteiger partial charge is 0.406 e. The second-order valence-corrected chi connectivity index (χ2v) is 7.08. The van der Waals surface area contributed by atoms with Crippen molar-refractivity contribution in [3.8, 4) is 17.0 Å². The summed E-state index contributed by atoms with van der Waals surface area (Å²) >= 11 is 0. The molecule has 7 heteroatoms. The van der Waals surface area contributed by atoms with Crippen LogP contribution in [0, 0.1) is 0 Å². The minimum atomic E-state index is -4.71. The lowest BCUT2D eigenvalue weighted by molar-refractivity contribution is -0.274. The van der Waals surface area contributed by atoms with Crippen molar-refractivity contribution < 1.29 is 23.0 Å². The van der Waals surface area contributed by atoms with Gasteiger partial charge in [-0.15, -0.1) is 13.2 Å². The number of alkyl halides is 3. The number of hydrogen-bond acceptors (Lipinski definition) is 3. The number of aliphatic hydroxyl groups excluding tert-OH is 1. The van der Waals surface area contributed by atoms with Gasteiger partial charge in [-0.05, 0) is 47.4 Å². The average Bonchev–Trinajstić information content (AvgIpc) is 2.75. The normalized spacial score (nSPS) is 11.6. The first kappa shape index (κ1) is 20.7. The number of aromatic amines is 1. The maximum absolute atomic E-state index is 12.7. The molecule has 158 valence electrons. The highest BCUT2D eigenvalue weighted by molar-refractivity contribution is 5.83. The first-order valence-electron chi connectivity index (χ1n) is 9.53. The Morgan fingerprint density at radius 2 is 1.48 bits per heavy atom. The number of aliphatic hydroxyl groups is 1. The molecule has 0 spiro atoms. The quantitative estimate of drug-likeness (QED) is 0.463. The summed E-state index contributed by atoms with van der Waals surface area (Å²) < 4.78 is 40.7. The fourth-order valence-corrected chi connectivity index (χ4v) is 3.51. The predicted molar refractivity (Wildman–Crippen MR) is 112 cm³/mol. The molecule has 3 aromatic carbocycles. The van der Waals surface area contributed by atoms with Gasteiger partial charge in [0.1, 0.15) is 5.75 Å². The van der Waals surface area contributed by atoms with Crippen molar-refractivity contribution in [2.75, 3.05) is 0 Å². The van der Waals surface area contributed by atoms with Gasteiger partial charge in [-0.1, -0.05) is 48.5 Å². The predicted octanol–water partition coefficient (Wildman–Crippen LogP) is 5.18. The molecule has 0 amide bonds. The number of pyridine rings is 1. The van der Waals surface area contributed by atoms with Gasteiger partial charge in [0.25, 0.3) is 0 Å². The van der Waals surface area contributed by atoms with Gasteiger partial charge in [0.2, 0.25) is 0 Å². The molecule has 4 aromatic rings. The molecule has 1 aromatic heterocycles. The second-order valence-electron chi connectivity index (χ2n) is 7.08. The van der Waals surface area contributed by atoms with E-state index in [9.17, 15) is 23.1 Å². The Balaban J connectivity index is 1.58. The fourth-order valence-electron chi connectivity index (χ4n) is 3.51. The van der Waals surface area contributed by atoms with Crippen LogP contribution in [0.25, 0.3) is 22.2 Å². The van der Waals surface area contributed by atoms with Crippen molar-refractivity contribution in [1.82, 2.24) is 4.98 Å². The van der Waals surface area contributed by atoms with Crippen molar-refractivity contribution in [2.45, 2.75) is 19.4 Å². The minimum absolute atomic E-state index is 0.211. The van der Waals surface area contributed by atoms with Gasteiger partial charge < -0.3 is 14.8 Å². The highest BCUT2D eigenvalue weighted by atomic mass is 19.4. The van der Waals surface area contributed by atoms with Gasteiger partial charge in [-0.2, -0.15) is 0 Å². The largest absolute Gasteiger partial charge is 0.573 e. The monoisotopic (exact) mass is 425 g/mol. The van der Waals surface area contributed by atoms with E-state index in [0.29, 0.717) is 28.6 Å². The van der Waals surface area contributed by atoms with E-state index < -0.39 is 6.36 Å². The summed E-state index contributed by atoms with van der Waals surface area (Å²) in [5.41, 5.74) is 3.86. The van der Waals surface area contributed by atoms with Crippen molar-refractivity contribution in [3.63, 3.8) is 0 Å². The summed E-state index contributed by atoms with van der Waals surface area (Å²) in [6, 6.07) is 20.3. The first-order valence-corrected chi connectivity index (χ1v) is 9.53. The van der Waals surface area contributed by atoms with Gasteiger partial charge in [0, 0.05) is 16.5 Å². The highest BCUT2D eigenvalue weighted by Gasteiger charge is 2.30. The number of ether oxygens (including phenoxy) is 1. The Bertz CT molecular complexity index is 1260. The van der Waals surface area contributed by atoms with E-state index >= 15 is 0 Å². The first-order chi connectivity index (χ1) is 14.8. The average molecular weight is 425 g/mol. The Morgan fingerprint density at radius 3 is 2.10 bits per heavy atom. The third-order valence-electron chi connectivity index (χ3n) is 4.97. The molecule has 0 unspecified atom stereocenters. The number of fused-ring (bicyclic) bond motifs is 1. The second kappa shape index (κ2) is 8.28. The van der Waals surface area contributed by atoms with E-state index in [2.05, 4.69) is 9.72 Å². The van der Waals surface area contributed by atoms with Crippen molar-refractivity contribution in [3.05, 3.63) is 99.7 Å².